The summed E-state index contributed by atoms with van der Waals surface area (Å²) in [5.74, 6) is 0.962. The van der Waals surface area contributed by atoms with Crippen LogP contribution in [0.25, 0.3) is 0 Å². The Hall–Kier alpha value is -1.31. The van der Waals surface area contributed by atoms with E-state index < -0.39 is 0 Å². The molecule has 0 amide bonds. The molecular formula is C21H34O2. The fourth-order valence-electron chi connectivity index (χ4n) is 2.74. The van der Waals surface area contributed by atoms with Crippen molar-refractivity contribution in [1.29, 1.82) is 0 Å². The molecule has 0 saturated carbocycles. The maximum Gasteiger partial charge on any atom is 0.159 e. The number of carbonyl (C=O) groups excluding carboxylic acids is 1. The molecule has 130 valence electrons. The first-order valence-electron chi connectivity index (χ1n) is 9.48. The van der Waals surface area contributed by atoms with Gasteiger partial charge in [0, 0.05) is 5.56 Å². The fourth-order valence-corrected chi connectivity index (χ4v) is 2.74. The van der Waals surface area contributed by atoms with Crippen molar-refractivity contribution in [2.45, 2.75) is 84.5 Å². The van der Waals surface area contributed by atoms with E-state index in [9.17, 15) is 4.79 Å². The van der Waals surface area contributed by atoms with Crippen molar-refractivity contribution in [1.82, 2.24) is 0 Å². The first-order valence-corrected chi connectivity index (χ1v) is 9.48. The standard InChI is InChI=1S/C21H34O2/c1-3-4-5-6-7-8-9-10-11-12-13-18-23-21-16-14-20(15-17-21)19(2)22/h14-17H,3-13,18H2,1-2H3. The zero-order chi connectivity index (χ0) is 16.8. The number of rotatable bonds is 14. The van der Waals surface area contributed by atoms with Gasteiger partial charge in [-0.15, -0.1) is 0 Å². The summed E-state index contributed by atoms with van der Waals surface area (Å²) >= 11 is 0. The summed E-state index contributed by atoms with van der Waals surface area (Å²) in [6.07, 6.45) is 14.8. The summed E-state index contributed by atoms with van der Waals surface area (Å²) in [5.41, 5.74) is 0.743. The van der Waals surface area contributed by atoms with Gasteiger partial charge < -0.3 is 4.74 Å². The molecule has 0 aliphatic heterocycles. The number of ether oxygens (including phenoxy) is 1. The third-order valence-corrected chi connectivity index (χ3v) is 4.28. The predicted molar refractivity (Wildman–Crippen MR) is 98.4 cm³/mol. The number of ketones is 1. The third-order valence-electron chi connectivity index (χ3n) is 4.28. The number of hydrogen-bond donors (Lipinski definition) is 0. The molecule has 2 heteroatoms. The second kappa shape index (κ2) is 13.2. The normalized spacial score (nSPS) is 10.7. The number of unbranched alkanes of at least 4 members (excludes halogenated alkanes) is 10. The topological polar surface area (TPSA) is 26.3 Å². The molecule has 0 heterocycles. The first kappa shape index (κ1) is 19.7. The molecule has 0 bridgehead atoms. The van der Waals surface area contributed by atoms with Gasteiger partial charge in [-0.3, -0.25) is 4.79 Å². The van der Waals surface area contributed by atoms with E-state index in [1.54, 1.807) is 6.92 Å². The van der Waals surface area contributed by atoms with Crippen LogP contribution in [-0.4, -0.2) is 12.4 Å². The number of hydrogen-bond acceptors (Lipinski definition) is 2. The molecular weight excluding hydrogens is 284 g/mol. The number of carbonyl (C=O) groups is 1. The summed E-state index contributed by atoms with van der Waals surface area (Å²) < 4.78 is 5.71. The largest absolute Gasteiger partial charge is 0.494 e. The van der Waals surface area contributed by atoms with Gasteiger partial charge in [-0.2, -0.15) is 0 Å². The Morgan fingerprint density at radius 1 is 0.783 bits per heavy atom. The van der Waals surface area contributed by atoms with E-state index >= 15 is 0 Å². The summed E-state index contributed by atoms with van der Waals surface area (Å²) in [5, 5.41) is 0. The van der Waals surface area contributed by atoms with Gasteiger partial charge in [0.05, 0.1) is 6.61 Å². The van der Waals surface area contributed by atoms with E-state index in [1.165, 1.54) is 64.2 Å². The van der Waals surface area contributed by atoms with Crippen LogP contribution in [0, 0.1) is 0 Å². The summed E-state index contributed by atoms with van der Waals surface area (Å²) in [6, 6.07) is 7.43. The van der Waals surface area contributed by atoms with Crippen LogP contribution in [0.1, 0.15) is 94.8 Å². The molecule has 0 aromatic heterocycles. The van der Waals surface area contributed by atoms with Crippen molar-refractivity contribution in [2.24, 2.45) is 0 Å². The summed E-state index contributed by atoms with van der Waals surface area (Å²) in [6.45, 7) is 4.63. The van der Waals surface area contributed by atoms with E-state index in [1.807, 2.05) is 24.3 Å². The van der Waals surface area contributed by atoms with Gasteiger partial charge in [0.25, 0.3) is 0 Å². The molecule has 1 aromatic rings. The highest BCUT2D eigenvalue weighted by molar-refractivity contribution is 5.94. The van der Waals surface area contributed by atoms with Crippen molar-refractivity contribution in [3.63, 3.8) is 0 Å². The SMILES string of the molecule is CCCCCCCCCCCCCOc1ccc(C(C)=O)cc1. The predicted octanol–water partition coefficient (Wildman–Crippen LogP) is 6.58. The van der Waals surface area contributed by atoms with Crippen molar-refractivity contribution in [3.05, 3.63) is 29.8 Å². The quantitative estimate of drug-likeness (QED) is 0.286. The Morgan fingerprint density at radius 2 is 1.26 bits per heavy atom. The van der Waals surface area contributed by atoms with Gasteiger partial charge in [-0.05, 0) is 37.6 Å². The Balaban J connectivity index is 1.90. The second-order valence-corrected chi connectivity index (χ2v) is 6.46. The Labute approximate surface area is 142 Å². The van der Waals surface area contributed by atoms with Crippen molar-refractivity contribution in [3.8, 4) is 5.75 Å². The lowest BCUT2D eigenvalue weighted by atomic mass is 10.1. The first-order chi connectivity index (χ1) is 11.2. The van der Waals surface area contributed by atoms with E-state index in [0.717, 1.165) is 24.3 Å². The van der Waals surface area contributed by atoms with Crippen LogP contribution in [0.15, 0.2) is 24.3 Å². The number of benzene rings is 1. The lowest BCUT2D eigenvalue weighted by Crippen LogP contribution is -1.98. The molecule has 0 aliphatic rings. The van der Waals surface area contributed by atoms with Crippen molar-refractivity contribution < 1.29 is 9.53 Å². The minimum Gasteiger partial charge on any atom is -0.494 e. The Kier molecular flexibility index (Phi) is 11.3. The molecule has 0 spiro atoms. The van der Waals surface area contributed by atoms with Crippen LogP contribution in [0.4, 0.5) is 0 Å². The smallest absolute Gasteiger partial charge is 0.159 e. The van der Waals surface area contributed by atoms with E-state index in [2.05, 4.69) is 6.92 Å². The average Bonchev–Trinajstić information content (AvgIpc) is 2.56. The molecule has 2 nitrogen and oxygen atoms in total. The van der Waals surface area contributed by atoms with E-state index in [0.29, 0.717) is 0 Å². The highest BCUT2D eigenvalue weighted by Crippen LogP contribution is 2.14. The maximum atomic E-state index is 11.2. The Bertz CT molecular complexity index is 408. The lowest BCUT2D eigenvalue weighted by Gasteiger charge is -2.06. The highest BCUT2D eigenvalue weighted by Gasteiger charge is 1.99. The van der Waals surface area contributed by atoms with Crippen molar-refractivity contribution in [2.75, 3.05) is 6.61 Å². The monoisotopic (exact) mass is 318 g/mol. The molecule has 0 radical (unpaired) electrons. The molecule has 23 heavy (non-hydrogen) atoms. The van der Waals surface area contributed by atoms with Crippen LogP contribution in [0.5, 0.6) is 5.75 Å². The Morgan fingerprint density at radius 3 is 1.74 bits per heavy atom. The second-order valence-electron chi connectivity index (χ2n) is 6.46. The van der Waals surface area contributed by atoms with Crippen LogP contribution in [0.2, 0.25) is 0 Å². The summed E-state index contributed by atoms with van der Waals surface area (Å²) in [7, 11) is 0. The van der Waals surface area contributed by atoms with Crippen LogP contribution in [-0.2, 0) is 0 Å². The van der Waals surface area contributed by atoms with E-state index in [4.69, 9.17) is 4.74 Å². The average molecular weight is 319 g/mol. The fraction of sp³-hybridized carbons (Fsp3) is 0.667. The van der Waals surface area contributed by atoms with Crippen LogP contribution in [0.3, 0.4) is 0 Å². The molecule has 1 aromatic carbocycles. The highest BCUT2D eigenvalue weighted by atomic mass is 16.5. The van der Waals surface area contributed by atoms with Crippen LogP contribution < -0.4 is 4.74 Å². The number of Topliss-reactive ketones (excluding diaryl/α,β-unsaturated/α-hetero) is 1. The van der Waals surface area contributed by atoms with Gasteiger partial charge in [0.1, 0.15) is 5.75 Å². The van der Waals surface area contributed by atoms with Gasteiger partial charge in [-0.25, -0.2) is 0 Å². The van der Waals surface area contributed by atoms with Gasteiger partial charge >= 0.3 is 0 Å². The molecule has 0 aliphatic carbocycles. The minimum absolute atomic E-state index is 0.0990. The lowest BCUT2D eigenvalue weighted by molar-refractivity contribution is 0.101. The van der Waals surface area contributed by atoms with Crippen LogP contribution >= 0.6 is 0 Å². The molecule has 0 unspecified atom stereocenters. The summed E-state index contributed by atoms with van der Waals surface area (Å²) in [4.78, 5) is 11.2. The maximum absolute atomic E-state index is 11.2. The zero-order valence-electron chi connectivity index (χ0n) is 15.1. The van der Waals surface area contributed by atoms with E-state index in [-0.39, 0.29) is 5.78 Å². The third kappa shape index (κ3) is 10.1. The molecule has 0 saturated heterocycles. The molecule has 0 N–H and O–H groups in total. The zero-order valence-corrected chi connectivity index (χ0v) is 15.1. The van der Waals surface area contributed by atoms with Crippen molar-refractivity contribution >= 4 is 5.78 Å². The van der Waals surface area contributed by atoms with Gasteiger partial charge in [0.15, 0.2) is 5.78 Å². The van der Waals surface area contributed by atoms with Gasteiger partial charge in [0.2, 0.25) is 0 Å². The minimum atomic E-state index is 0.0990. The van der Waals surface area contributed by atoms with Gasteiger partial charge in [-0.1, -0.05) is 71.1 Å². The molecule has 0 atom stereocenters. The molecule has 0 fully saturated rings. The molecule has 1 rings (SSSR count).